The van der Waals surface area contributed by atoms with Crippen LogP contribution in [0.4, 0.5) is 0 Å². The van der Waals surface area contributed by atoms with Crippen LogP contribution in [0.1, 0.15) is 23.3 Å². The second-order valence-corrected chi connectivity index (χ2v) is 7.31. The summed E-state index contributed by atoms with van der Waals surface area (Å²) in [5, 5.41) is 9.19. The smallest absolute Gasteiger partial charge is 0.329 e. The molecule has 0 saturated heterocycles. The van der Waals surface area contributed by atoms with Crippen molar-refractivity contribution in [2.45, 2.75) is 33.2 Å². The zero-order chi connectivity index (χ0) is 18.8. The Kier molecular flexibility index (Phi) is 4.96. The van der Waals surface area contributed by atoms with Crippen LogP contribution in [-0.2, 0) is 6.54 Å². The minimum atomic E-state index is -0.440. The van der Waals surface area contributed by atoms with Gasteiger partial charge in [-0.05, 0) is 32.4 Å². The number of benzene rings is 1. The third-order valence-corrected chi connectivity index (χ3v) is 5.32. The molecule has 0 unspecified atom stereocenters. The first kappa shape index (κ1) is 18.0. The maximum atomic E-state index is 13.1. The number of fused-ring (bicyclic) bond motifs is 1. The topological polar surface area (TPSA) is 87.9 Å². The SMILES string of the molecule is COc1ccc(C)cc1-c1c(C)sc2[nH]c(=O)n(CCCC#N)c(=O)c12. The highest BCUT2D eigenvalue weighted by Gasteiger charge is 2.20. The number of aromatic amines is 1. The predicted molar refractivity (Wildman–Crippen MR) is 103 cm³/mol. The van der Waals surface area contributed by atoms with Gasteiger partial charge in [-0.3, -0.25) is 14.3 Å². The number of nitriles is 1. The zero-order valence-corrected chi connectivity index (χ0v) is 15.7. The number of ether oxygens (including phenoxy) is 1. The van der Waals surface area contributed by atoms with Crippen LogP contribution in [0.5, 0.6) is 5.75 Å². The van der Waals surface area contributed by atoms with Gasteiger partial charge in [0.1, 0.15) is 10.6 Å². The molecule has 0 atom stereocenters. The highest BCUT2D eigenvalue weighted by molar-refractivity contribution is 7.19. The van der Waals surface area contributed by atoms with Crippen molar-refractivity contribution < 1.29 is 4.74 Å². The minimum Gasteiger partial charge on any atom is -0.496 e. The number of hydrogen-bond donors (Lipinski definition) is 1. The molecule has 7 heteroatoms. The average Bonchev–Trinajstić information content (AvgIpc) is 2.93. The first-order valence-electron chi connectivity index (χ1n) is 8.26. The molecule has 0 amide bonds. The number of methoxy groups -OCH3 is 1. The van der Waals surface area contributed by atoms with E-state index in [-0.39, 0.29) is 12.1 Å². The average molecular weight is 369 g/mol. The summed E-state index contributed by atoms with van der Waals surface area (Å²) in [5.41, 5.74) is 1.91. The molecule has 1 N–H and O–H groups in total. The molecule has 0 saturated carbocycles. The molecule has 3 aromatic rings. The Hall–Kier alpha value is -2.85. The van der Waals surface area contributed by atoms with Crippen LogP contribution in [0, 0.1) is 25.2 Å². The second kappa shape index (κ2) is 7.18. The Balaban J connectivity index is 2.31. The van der Waals surface area contributed by atoms with Gasteiger partial charge in [-0.2, -0.15) is 5.26 Å². The molecule has 0 spiro atoms. The molecule has 134 valence electrons. The number of hydrogen-bond acceptors (Lipinski definition) is 5. The summed E-state index contributed by atoms with van der Waals surface area (Å²) in [4.78, 5) is 29.7. The molecule has 26 heavy (non-hydrogen) atoms. The first-order chi connectivity index (χ1) is 12.5. The maximum absolute atomic E-state index is 13.1. The van der Waals surface area contributed by atoms with Gasteiger partial charge in [-0.1, -0.05) is 11.6 Å². The lowest BCUT2D eigenvalue weighted by Gasteiger charge is -2.10. The van der Waals surface area contributed by atoms with Gasteiger partial charge in [0, 0.05) is 29.0 Å². The third-order valence-electron chi connectivity index (χ3n) is 4.30. The molecule has 2 heterocycles. The van der Waals surface area contributed by atoms with Crippen molar-refractivity contribution in [3.8, 4) is 22.9 Å². The molecule has 3 rings (SSSR count). The maximum Gasteiger partial charge on any atom is 0.329 e. The molecular formula is C19H19N3O3S. The molecule has 0 bridgehead atoms. The largest absolute Gasteiger partial charge is 0.496 e. The lowest BCUT2D eigenvalue weighted by atomic mass is 10.0. The van der Waals surface area contributed by atoms with Crippen LogP contribution in [-0.4, -0.2) is 16.7 Å². The number of H-pyrrole nitrogens is 1. The molecule has 6 nitrogen and oxygen atoms in total. The Labute approximate surface area is 154 Å². The number of aromatic nitrogens is 2. The van der Waals surface area contributed by atoms with Gasteiger partial charge in [-0.25, -0.2) is 4.79 Å². The lowest BCUT2D eigenvalue weighted by molar-refractivity contribution is 0.416. The number of thiophene rings is 1. The molecule has 2 aromatic heterocycles. The standard InChI is InChI=1S/C19H19N3O3S/c1-11-6-7-14(25-3)13(10-11)15-12(2)26-17-16(15)18(23)22(19(24)21-17)9-5-4-8-20/h6-7,10H,4-5,9H2,1-3H3,(H,21,24). The van der Waals surface area contributed by atoms with Gasteiger partial charge < -0.3 is 4.74 Å². The van der Waals surface area contributed by atoms with Crippen LogP contribution in [0.2, 0.25) is 0 Å². The zero-order valence-electron chi connectivity index (χ0n) is 14.9. The monoisotopic (exact) mass is 369 g/mol. The molecule has 0 aliphatic rings. The van der Waals surface area contributed by atoms with E-state index in [1.165, 1.54) is 15.9 Å². The van der Waals surface area contributed by atoms with Crippen LogP contribution in [0.15, 0.2) is 27.8 Å². The van der Waals surface area contributed by atoms with E-state index in [1.54, 1.807) is 7.11 Å². The van der Waals surface area contributed by atoms with Crippen molar-refractivity contribution in [3.63, 3.8) is 0 Å². The number of unbranched alkanes of at least 4 members (excludes halogenated alkanes) is 1. The summed E-state index contributed by atoms with van der Waals surface area (Å²) in [6, 6.07) is 7.85. The normalized spacial score (nSPS) is 10.8. The summed E-state index contributed by atoms with van der Waals surface area (Å²) in [5.74, 6) is 0.681. The van der Waals surface area contributed by atoms with Crippen molar-refractivity contribution in [3.05, 3.63) is 49.5 Å². The van der Waals surface area contributed by atoms with Crippen molar-refractivity contribution in [1.82, 2.24) is 9.55 Å². The van der Waals surface area contributed by atoms with E-state index in [9.17, 15) is 9.59 Å². The van der Waals surface area contributed by atoms with Crippen molar-refractivity contribution >= 4 is 21.6 Å². The van der Waals surface area contributed by atoms with Crippen molar-refractivity contribution in [2.75, 3.05) is 7.11 Å². The summed E-state index contributed by atoms with van der Waals surface area (Å²) in [6.07, 6.45) is 0.752. The van der Waals surface area contributed by atoms with E-state index in [2.05, 4.69) is 4.98 Å². The summed E-state index contributed by atoms with van der Waals surface area (Å²) in [6.45, 7) is 4.13. The Morgan fingerprint density at radius 1 is 1.31 bits per heavy atom. The number of rotatable bonds is 5. The Bertz CT molecular complexity index is 1130. The van der Waals surface area contributed by atoms with Gasteiger partial charge in [0.25, 0.3) is 5.56 Å². The lowest BCUT2D eigenvalue weighted by Crippen LogP contribution is -2.34. The van der Waals surface area contributed by atoms with Gasteiger partial charge in [0.2, 0.25) is 0 Å². The van der Waals surface area contributed by atoms with Crippen LogP contribution in [0.3, 0.4) is 0 Å². The van der Waals surface area contributed by atoms with E-state index in [0.29, 0.717) is 28.8 Å². The van der Waals surface area contributed by atoms with E-state index >= 15 is 0 Å². The quantitative estimate of drug-likeness (QED) is 0.699. The number of nitrogens with zero attached hydrogens (tertiary/aromatic N) is 2. The van der Waals surface area contributed by atoms with Gasteiger partial charge in [0.15, 0.2) is 0 Å². The highest BCUT2D eigenvalue weighted by atomic mass is 32.1. The highest BCUT2D eigenvalue weighted by Crippen LogP contribution is 2.40. The Morgan fingerprint density at radius 3 is 2.77 bits per heavy atom. The molecular weight excluding hydrogens is 350 g/mol. The van der Waals surface area contributed by atoms with Gasteiger partial charge >= 0.3 is 5.69 Å². The summed E-state index contributed by atoms with van der Waals surface area (Å²) >= 11 is 1.39. The predicted octanol–water partition coefficient (Wildman–Crippen LogP) is 3.35. The molecule has 0 radical (unpaired) electrons. The Morgan fingerprint density at radius 2 is 2.08 bits per heavy atom. The molecule has 0 fully saturated rings. The number of nitrogens with one attached hydrogen (secondary N) is 1. The first-order valence-corrected chi connectivity index (χ1v) is 9.07. The summed E-state index contributed by atoms with van der Waals surface area (Å²) < 4.78 is 6.67. The fraction of sp³-hybridized carbons (Fsp3) is 0.316. The van der Waals surface area contributed by atoms with E-state index < -0.39 is 5.69 Å². The molecule has 0 aliphatic heterocycles. The van der Waals surface area contributed by atoms with Crippen LogP contribution >= 0.6 is 11.3 Å². The summed E-state index contributed by atoms with van der Waals surface area (Å²) in [7, 11) is 1.60. The van der Waals surface area contributed by atoms with E-state index in [4.69, 9.17) is 10.00 Å². The van der Waals surface area contributed by atoms with Gasteiger partial charge in [0.05, 0.1) is 18.6 Å². The van der Waals surface area contributed by atoms with Crippen LogP contribution < -0.4 is 16.0 Å². The molecule has 0 aliphatic carbocycles. The number of aryl methyl sites for hydroxylation is 2. The van der Waals surface area contributed by atoms with Crippen molar-refractivity contribution in [1.29, 1.82) is 5.26 Å². The third kappa shape index (κ3) is 3.04. The van der Waals surface area contributed by atoms with E-state index in [1.807, 2.05) is 38.1 Å². The van der Waals surface area contributed by atoms with Gasteiger partial charge in [-0.15, -0.1) is 11.3 Å². The van der Waals surface area contributed by atoms with Crippen LogP contribution in [0.25, 0.3) is 21.3 Å². The fourth-order valence-corrected chi connectivity index (χ4v) is 4.14. The second-order valence-electron chi connectivity index (χ2n) is 6.09. The fourth-order valence-electron chi connectivity index (χ4n) is 3.09. The van der Waals surface area contributed by atoms with Crippen molar-refractivity contribution in [2.24, 2.45) is 0 Å². The minimum absolute atomic E-state index is 0.219. The molecule has 1 aromatic carbocycles. The van der Waals surface area contributed by atoms with E-state index in [0.717, 1.165) is 21.6 Å².